The van der Waals surface area contributed by atoms with Crippen molar-refractivity contribution in [1.29, 1.82) is 0 Å². The van der Waals surface area contributed by atoms with E-state index in [0.717, 1.165) is 16.8 Å². The number of nitrogens with zero attached hydrogens (tertiary/aromatic N) is 2. The maximum atomic E-state index is 4.84. The summed E-state index contributed by atoms with van der Waals surface area (Å²) in [5.41, 5.74) is 8.10. The first-order chi connectivity index (χ1) is 17.8. The molecule has 0 aromatic heterocycles. The zero-order valence-electron chi connectivity index (χ0n) is 20.1. The Morgan fingerprint density at radius 3 is 1.56 bits per heavy atom. The third kappa shape index (κ3) is 6.05. The molecule has 0 N–H and O–H groups in total. The van der Waals surface area contributed by atoms with Gasteiger partial charge in [-0.05, 0) is 51.6 Å². The van der Waals surface area contributed by atoms with Gasteiger partial charge in [0.25, 0.3) is 0 Å². The summed E-state index contributed by atoms with van der Waals surface area (Å²) in [4.78, 5) is 0. The van der Waals surface area contributed by atoms with Crippen molar-refractivity contribution in [2.75, 3.05) is 5.01 Å². The fraction of sp³-hybridized carbons (Fsp3) is 0.0294. The van der Waals surface area contributed by atoms with Gasteiger partial charge in [-0.3, -0.25) is 5.01 Å². The van der Waals surface area contributed by atoms with Crippen LogP contribution in [0.15, 0.2) is 151 Å². The van der Waals surface area contributed by atoms with E-state index in [0.29, 0.717) is 6.54 Å². The lowest BCUT2D eigenvalue weighted by molar-refractivity contribution is 0.858. The molecule has 0 aliphatic carbocycles. The zero-order valence-corrected chi connectivity index (χ0v) is 20.1. The molecule has 174 valence electrons. The topological polar surface area (TPSA) is 15.6 Å². The fourth-order valence-corrected chi connectivity index (χ4v) is 4.11. The predicted octanol–water partition coefficient (Wildman–Crippen LogP) is 8.32. The zero-order chi connectivity index (χ0) is 24.4. The third-order valence-corrected chi connectivity index (χ3v) is 5.99. The van der Waals surface area contributed by atoms with E-state index < -0.39 is 0 Å². The summed E-state index contributed by atoms with van der Waals surface area (Å²) < 4.78 is 0. The smallest absolute Gasteiger partial charge is 0.0666 e. The minimum absolute atomic E-state index is 0.708. The number of rotatable bonds is 8. The van der Waals surface area contributed by atoms with E-state index in [2.05, 4.69) is 127 Å². The van der Waals surface area contributed by atoms with Crippen molar-refractivity contribution < 1.29 is 0 Å². The minimum atomic E-state index is 0.708. The molecule has 2 heteroatoms. The third-order valence-electron chi connectivity index (χ3n) is 5.99. The normalized spacial score (nSPS) is 10.8. The molecule has 0 aliphatic heterocycles. The minimum Gasteiger partial charge on any atom is -0.261 e. The van der Waals surface area contributed by atoms with Gasteiger partial charge in [-0.1, -0.05) is 133 Å². The Kier molecular flexibility index (Phi) is 7.46. The van der Waals surface area contributed by atoms with E-state index in [1.165, 1.54) is 22.3 Å². The Labute approximate surface area is 213 Å². The summed E-state index contributed by atoms with van der Waals surface area (Å²) in [5.74, 6) is 0. The molecule has 2 nitrogen and oxygen atoms in total. The Morgan fingerprint density at radius 2 is 1.00 bits per heavy atom. The number of hydrogen-bond acceptors (Lipinski definition) is 2. The Morgan fingerprint density at radius 1 is 0.528 bits per heavy atom. The molecule has 0 fully saturated rings. The summed E-state index contributed by atoms with van der Waals surface area (Å²) in [6, 6.07) is 50.3. The van der Waals surface area contributed by atoms with Gasteiger partial charge in [0.2, 0.25) is 0 Å². The van der Waals surface area contributed by atoms with Crippen LogP contribution in [-0.2, 0) is 6.54 Å². The molecule has 0 atom stereocenters. The van der Waals surface area contributed by atoms with Crippen molar-refractivity contribution in [3.63, 3.8) is 0 Å². The summed E-state index contributed by atoms with van der Waals surface area (Å²) in [6.07, 6.45) is 4.18. The quantitative estimate of drug-likeness (QED) is 0.128. The van der Waals surface area contributed by atoms with Gasteiger partial charge in [-0.2, -0.15) is 5.10 Å². The average Bonchev–Trinajstić information content (AvgIpc) is 2.96. The van der Waals surface area contributed by atoms with Gasteiger partial charge in [0.15, 0.2) is 0 Å². The van der Waals surface area contributed by atoms with E-state index >= 15 is 0 Å². The summed E-state index contributed by atoms with van der Waals surface area (Å²) in [5, 5.41) is 6.87. The Balaban J connectivity index is 1.40. The molecule has 0 unspecified atom stereocenters. The highest BCUT2D eigenvalue weighted by Gasteiger charge is 2.06. The number of para-hydroxylation sites is 1. The van der Waals surface area contributed by atoms with Crippen molar-refractivity contribution in [3.05, 3.63) is 173 Å². The van der Waals surface area contributed by atoms with Crippen LogP contribution >= 0.6 is 0 Å². The standard InChI is InChI=1S/C34H28N2/c1-5-13-30(14-6-1)27-36(33-19-11-4-12-20-33)35-26-29-23-21-28(22-24-29)25-34(31-15-7-2-8-16-31)32-17-9-3-10-18-32/h1-26H,27H2/b35-26+. The van der Waals surface area contributed by atoms with Crippen molar-refractivity contribution in [2.45, 2.75) is 6.54 Å². The van der Waals surface area contributed by atoms with E-state index in [4.69, 9.17) is 5.10 Å². The van der Waals surface area contributed by atoms with Crippen LogP contribution in [-0.4, -0.2) is 6.21 Å². The molecular formula is C34H28N2. The number of anilines is 1. The van der Waals surface area contributed by atoms with Crippen molar-refractivity contribution in [3.8, 4) is 0 Å². The fourth-order valence-electron chi connectivity index (χ4n) is 4.11. The highest BCUT2D eigenvalue weighted by atomic mass is 15.4. The lowest BCUT2D eigenvalue weighted by Gasteiger charge is -2.19. The molecule has 5 aromatic rings. The van der Waals surface area contributed by atoms with E-state index in [-0.39, 0.29) is 0 Å². The SMILES string of the molecule is C(=C(c1ccccc1)c1ccccc1)c1ccc(/C=N/N(Cc2ccccc2)c2ccccc2)cc1. The average molecular weight is 465 g/mol. The summed E-state index contributed by atoms with van der Waals surface area (Å²) in [7, 11) is 0. The molecule has 0 radical (unpaired) electrons. The first kappa shape index (κ1) is 23.1. The Bertz CT molecular complexity index is 1370. The second kappa shape index (κ2) is 11.6. The highest BCUT2D eigenvalue weighted by Crippen LogP contribution is 2.26. The molecule has 0 heterocycles. The van der Waals surface area contributed by atoms with Crippen LogP contribution < -0.4 is 5.01 Å². The molecule has 0 amide bonds. The van der Waals surface area contributed by atoms with Gasteiger partial charge in [-0.15, -0.1) is 0 Å². The Hall–Kier alpha value is -4.69. The van der Waals surface area contributed by atoms with Gasteiger partial charge in [0.05, 0.1) is 18.4 Å². The summed E-state index contributed by atoms with van der Waals surface area (Å²) in [6.45, 7) is 0.708. The van der Waals surface area contributed by atoms with Gasteiger partial charge < -0.3 is 0 Å². The van der Waals surface area contributed by atoms with Crippen LogP contribution in [0.4, 0.5) is 5.69 Å². The van der Waals surface area contributed by atoms with Crippen LogP contribution in [0.25, 0.3) is 11.6 Å². The maximum absolute atomic E-state index is 4.84. The maximum Gasteiger partial charge on any atom is 0.0666 e. The lowest BCUT2D eigenvalue weighted by atomic mass is 9.95. The van der Waals surface area contributed by atoms with Crippen LogP contribution in [0.3, 0.4) is 0 Å². The number of hydrazone groups is 1. The molecular weight excluding hydrogens is 436 g/mol. The van der Waals surface area contributed by atoms with E-state index in [1.807, 2.05) is 35.5 Å². The molecule has 5 rings (SSSR count). The lowest BCUT2D eigenvalue weighted by Crippen LogP contribution is -2.15. The first-order valence-corrected chi connectivity index (χ1v) is 12.2. The second-order valence-electron chi connectivity index (χ2n) is 8.58. The molecule has 0 saturated heterocycles. The van der Waals surface area contributed by atoms with Gasteiger partial charge in [0.1, 0.15) is 0 Å². The first-order valence-electron chi connectivity index (χ1n) is 12.2. The number of hydrogen-bond donors (Lipinski definition) is 0. The van der Waals surface area contributed by atoms with Gasteiger partial charge in [-0.25, -0.2) is 0 Å². The van der Waals surface area contributed by atoms with E-state index in [1.54, 1.807) is 0 Å². The molecule has 0 aliphatic rings. The highest BCUT2D eigenvalue weighted by molar-refractivity contribution is 5.91. The summed E-state index contributed by atoms with van der Waals surface area (Å²) >= 11 is 0. The molecule has 36 heavy (non-hydrogen) atoms. The molecule has 0 spiro atoms. The van der Waals surface area contributed by atoms with Gasteiger partial charge in [0, 0.05) is 0 Å². The van der Waals surface area contributed by atoms with Crippen LogP contribution in [0.1, 0.15) is 27.8 Å². The second-order valence-corrected chi connectivity index (χ2v) is 8.58. The molecule has 0 saturated carbocycles. The molecule has 5 aromatic carbocycles. The van der Waals surface area contributed by atoms with Crippen LogP contribution in [0.5, 0.6) is 0 Å². The van der Waals surface area contributed by atoms with Crippen LogP contribution in [0.2, 0.25) is 0 Å². The van der Waals surface area contributed by atoms with Crippen molar-refractivity contribution >= 4 is 23.6 Å². The number of benzene rings is 5. The van der Waals surface area contributed by atoms with Gasteiger partial charge >= 0.3 is 0 Å². The van der Waals surface area contributed by atoms with Crippen molar-refractivity contribution in [2.24, 2.45) is 5.10 Å². The monoisotopic (exact) mass is 464 g/mol. The van der Waals surface area contributed by atoms with Crippen LogP contribution in [0, 0.1) is 0 Å². The molecule has 0 bridgehead atoms. The predicted molar refractivity (Wildman–Crippen MR) is 153 cm³/mol. The van der Waals surface area contributed by atoms with E-state index in [9.17, 15) is 0 Å². The van der Waals surface area contributed by atoms with Crippen molar-refractivity contribution in [1.82, 2.24) is 0 Å². The largest absolute Gasteiger partial charge is 0.261 e.